The van der Waals surface area contributed by atoms with Crippen LogP contribution in [0.1, 0.15) is 42.5 Å². The van der Waals surface area contributed by atoms with Crippen LogP contribution in [-0.4, -0.2) is 52.9 Å². The normalized spacial score (nSPS) is 19.9. The molecular weight excluding hydrogens is 330 g/mol. The standard InChI is InChI=1S/C20H25N3OS/c24-20(16-8-9-18(21-15-16)19-7-4-14-25-19)23-12-10-22(11-13-23)17-5-2-1-3-6-17/h4,7-9,14-15,17H,1-3,5-6,10-13H2. The highest BCUT2D eigenvalue weighted by molar-refractivity contribution is 7.13. The Labute approximate surface area is 153 Å². The van der Waals surface area contributed by atoms with E-state index in [4.69, 9.17) is 0 Å². The fourth-order valence-electron chi connectivity index (χ4n) is 4.01. The van der Waals surface area contributed by atoms with E-state index in [1.54, 1.807) is 17.5 Å². The fraction of sp³-hybridized carbons (Fsp3) is 0.500. The number of carbonyl (C=O) groups excluding carboxylic acids is 1. The summed E-state index contributed by atoms with van der Waals surface area (Å²) >= 11 is 1.67. The summed E-state index contributed by atoms with van der Waals surface area (Å²) in [7, 11) is 0. The van der Waals surface area contributed by atoms with Gasteiger partial charge in [0.25, 0.3) is 5.91 Å². The molecule has 2 aromatic rings. The molecule has 25 heavy (non-hydrogen) atoms. The van der Waals surface area contributed by atoms with Crippen molar-refractivity contribution in [3.8, 4) is 10.6 Å². The zero-order chi connectivity index (χ0) is 17.1. The predicted octanol–water partition coefficient (Wildman–Crippen LogP) is 3.90. The molecule has 0 radical (unpaired) electrons. The first kappa shape index (κ1) is 16.7. The van der Waals surface area contributed by atoms with E-state index < -0.39 is 0 Å². The molecule has 2 aromatic heterocycles. The number of pyridine rings is 1. The van der Waals surface area contributed by atoms with E-state index >= 15 is 0 Å². The Bertz CT molecular complexity index is 684. The van der Waals surface area contributed by atoms with Gasteiger partial charge in [0.15, 0.2) is 0 Å². The van der Waals surface area contributed by atoms with Gasteiger partial charge in [0.05, 0.1) is 16.1 Å². The van der Waals surface area contributed by atoms with Crippen LogP contribution in [-0.2, 0) is 0 Å². The Hall–Kier alpha value is -1.72. The Morgan fingerprint density at radius 1 is 1.04 bits per heavy atom. The summed E-state index contributed by atoms with van der Waals surface area (Å²) < 4.78 is 0. The Morgan fingerprint density at radius 2 is 1.84 bits per heavy atom. The molecule has 1 aliphatic heterocycles. The highest BCUT2D eigenvalue weighted by atomic mass is 32.1. The Balaban J connectivity index is 1.35. The van der Waals surface area contributed by atoms with Crippen molar-refractivity contribution in [1.29, 1.82) is 0 Å². The first-order valence-electron chi connectivity index (χ1n) is 9.34. The van der Waals surface area contributed by atoms with Crippen LogP contribution >= 0.6 is 11.3 Å². The molecule has 0 atom stereocenters. The van der Waals surface area contributed by atoms with Crippen LogP contribution in [0.25, 0.3) is 10.6 Å². The molecule has 0 unspecified atom stereocenters. The summed E-state index contributed by atoms with van der Waals surface area (Å²) in [4.78, 5) is 23.0. The average molecular weight is 356 g/mol. The zero-order valence-electron chi connectivity index (χ0n) is 14.6. The lowest BCUT2D eigenvalue weighted by atomic mass is 9.94. The minimum Gasteiger partial charge on any atom is -0.336 e. The maximum Gasteiger partial charge on any atom is 0.255 e. The summed E-state index contributed by atoms with van der Waals surface area (Å²) in [6.45, 7) is 3.69. The summed E-state index contributed by atoms with van der Waals surface area (Å²) in [5.74, 6) is 0.119. The second kappa shape index (κ2) is 7.67. The lowest BCUT2D eigenvalue weighted by Crippen LogP contribution is -2.52. The molecule has 5 heteroatoms. The molecule has 0 aromatic carbocycles. The molecule has 0 bridgehead atoms. The highest BCUT2D eigenvalue weighted by Gasteiger charge is 2.27. The first-order valence-corrected chi connectivity index (χ1v) is 10.2. The van der Waals surface area contributed by atoms with E-state index in [0.717, 1.165) is 42.8 Å². The van der Waals surface area contributed by atoms with Crippen molar-refractivity contribution in [1.82, 2.24) is 14.8 Å². The minimum atomic E-state index is 0.119. The van der Waals surface area contributed by atoms with Crippen molar-refractivity contribution < 1.29 is 4.79 Å². The third kappa shape index (κ3) is 3.77. The molecule has 1 saturated carbocycles. The van der Waals surface area contributed by atoms with Crippen molar-refractivity contribution >= 4 is 17.2 Å². The number of amides is 1. The quantitative estimate of drug-likeness (QED) is 0.838. The molecule has 132 valence electrons. The van der Waals surface area contributed by atoms with Crippen molar-refractivity contribution in [3.05, 3.63) is 41.4 Å². The number of nitrogens with zero attached hydrogens (tertiary/aromatic N) is 3. The molecule has 1 amide bonds. The molecule has 4 rings (SSSR count). The van der Waals surface area contributed by atoms with Crippen LogP contribution < -0.4 is 0 Å². The van der Waals surface area contributed by atoms with Gasteiger partial charge in [-0.1, -0.05) is 25.3 Å². The van der Waals surface area contributed by atoms with Gasteiger partial charge < -0.3 is 4.90 Å². The van der Waals surface area contributed by atoms with E-state index in [1.807, 2.05) is 28.5 Å². The van der Waals surface area contributed by atoms with Crippen LogP contribution in [0.15, 0.2) is 35.8 Å². The molecule has 3 heterocycles. The third-order valence-corrected chi connectivity index (χ3v) is 6.37. The maximum atomic E-state index is 12.8. The van der Waals surface area contributed by atoms with Gasteiger partial charge in [-0.25, -0.2) is 0 Å². The second-order valence-electron chi connectivity index (χ2n) is 7.03. The van der Waals surface area contributed by atoms with Crippen LogP contribution in [0.3, 0.4) is 0 Å². The summed E-state index contributed by atoms with van der Waals surface area (Å²) in [5.41, 5.74) is 1.64. The van der Waals surface area contributed by atoms with Crippen molar-refractivity contribution in [2.24, 2.45) is 0 Å². The van der Waals surface area contributed by atoms with Gasteiger partial charge in [0.2, 0.25) is 0 Å². The Kier molecular flexibility index (Phi) is 5.13. The first-order chi connectivity index (χ1) is 12.3. The van der Waals surface area contributed by atoms with E-state index in [2.05, 4.69) is 16.0 Å². The molecule has 0 spiro atoms. The van der Waals surface area contributed by atoms with E-state index in [0.29, 0.717) is 5.56 Å². The summed E-state index contributed by atoms with van der Waals surface area (Å²) in [6.07, 6.45) is 8.52. The molecule has 0 N–H and O–H groups in total. The predicted molar refractivity (Wildman–Crippen MR) is 102 cm³/mol. The minimum absolute atomic E-state index is 0.119. The largest absolute Gasteiger partial charge is 0.336 e. The molecule has 2 fully saturated rings. The van der Waals surface area contributed by atoms with Gasteiger partial charge in [-0.3, -0.25) is 14.7 Å². The lowest BCUT2D eigenvalue weighted by Gasteiger charge is -2.40. The molecule has 1 saturated heterocycles. The molecule has 4 nitrogen and oxygen atoms in total. The smallest absolute Gasteiger partial charge is 0.255 e. The topological polar surface area (TPSA) is 36.4 Å². The average Bonchev–Trinajstić information content (AvgIpc) is 3.23. The number of aromatic nitrogens is 1. The Morgan fingerprint density at radius 3 is 2.48 bits per heavy atom. The van der Waals surface area contributed by atoms with Gasteiger partial charge in [-0.2, -0.15) is 0 Å². The van der Waals surface area contributed by atoms with Gasteiger partial charge in [0, 0.05) is 38.4 Å². The maximum absolute atomic E-state index is 12.8. The van der Waals surface area contributed by atoms with Crippen LogP contribution in [0.4, 0.5) is 0 Å². The van der Waals surface area contributed by atoms with Crippen molar-refractivity contribution in [2.45, 2.75) is 38.1 Å². The number of hydrogen-bond donors (Lipinski definition) is 0. The van der Waals surface area contributed by atoms with E-state index in [1.165, 1.54) is 32.1 Å². The molecule has 2 aliphatic rings. The van der Waals surface area contributed by atoms with E-state index in [-0.39, 0.29) is 5.91 Å². The lowest BCUT2D eigenvalue weighted by molar-refractivity contribution is 0.0523. The molecular formula is C20H25N3OS. The van der Waals surface area contributed by atoms with Gasteiger partial charge in [-0.05, 0) is 36.4 Å². The van der Waals surface area contributed by atoms with Gasteiger partial charge in [-0.15, -0.1) is 11.3 Å². The third-order valence-electron chi connectivity index (χ3n) is 5.48. The van der Waals surface area contributed by atoms with E-state index in [9.17, 15) is 4.79 Å². The summed E-state index contributed by atoms with van der Waals surface area (Å²) in [6, 6.07) is 8.69. The number of thiophene rings is 1. The van der Waals surface area contributed by atoms with Crippen molar-refractivity contribution in [3.63, 3.8) is 0 Å². The van der Waals surface area contributed by atoms with Crippen LogP contribution in [0.2, 0.25) is 0 Å². The fourth-order valence-corrected chi connectivity index (χ4v) is 4.71. The monoisotopic (exact) mass is 355 g/mol. The highest BCUT2D eigenvalue weighted by Crippen LogP contribution is 2.25. The van der Waals surface area contributed by atoms with Gasteiger partial charge in [0.1, 0.15) is 0 Å². The molecule has 1 aliphatic carbocycles. The van der Waals surface area contributed by atoms with Crippen molar-refractivity contribution in [2.75, 3.05) is 26.2 Å². The summed E-state index contributed by atoms with van der Waals surface area (Å²) in [5, 5.41) is 2.04. The number of rotatable bonds is 3. The number of carbonyl (C=O) groups is 1. The zero-order valence-corrected chi connectivity index (χ0v) is 15.4. The number of piperazine rings is 1. The number of hydrogen-bond acceptors (Lipinski definition) is 4. The van der Waals surface area contributed by atoms with Gasteiger partial charge >= 0.3 is 0 Å². The SMILES string of the molecule is O=C(c1ccc(-c2cccs2)nc1)N1CCN(C2CCCCC2)CC1. The second-order valence-corrected chi connectivity index (χ2v) is 7.98. The van der Waals surface area contributed by atoms with Crippen LogP contribution in [0, 0.1) is 0 Å². The van der Waals surface area contributed by atoms with Crippen LogP contribution in [0.5, 0.6) is 0 Å².